The first-order valence-corrected chi connectivity index (χ1v) is 4.95. The molecule has 0 saturated heterocycles. The van der Waals surface area contributed by atoms with Crippen LogP contribution in [0.3, 0.4) is 0 Å². The van der Waals surface area contributed by atoms with Crippen molar-refractivity contribution in [2.45, 2.75) is 38.6 Å². The predicted molar refractivity (Wildman–Crippen MR) is 53.1 cm³/mol. The molecule has 1 fully saturated rings. The quantitative estimate of drug-likeness (QED) is 0.677. The van der Waals surface area contributed by atoms with Gasteiger partial charge < -0.3 is 10.6 Å². The Hall–Kier alpha value is -0.0800. The monoisotopic (exact) mass is 170 g/mol. The molecule has 2 nitrogen and oxygen atoms in total. The Morgan fingerprint density at radius 2 is 2.00 bits per heavy atom. The normalized spacial score (nSPS) is 18.8. The Morgan fingerprint density at radius 1 is 1.42 bits per heavy atom. The van der Waals surface area contributed by atoms with E-state index in [1.807, 2.05) is 0 Å². The van der Waals surface area contributed by atoms with Gasteiger partial charge in [0.1, 0.15) is 0 Å². The number of hydrogen-bond donors (Lipinski definition) is 1. The van der Waals surface area contributed by atoms with Gasteiger partial charge >= 0.3 is 0 Å². The molecule has 0 radical (unpaired) electrons. The van der Waals surface area contributed by atoms with Crippen molar-refractivity contribution in [1.29, 1.82) is 0 Å². The largest absolute Gasteiger partial charge is 0.326 e. The highest BCUT2D eigenvalue weighted by molar-refractivity contribution is 4.78. The molecule has 2 N–H and O–H groups in total. The first-order valence-electron chi connectivity index (χ1n) is 4.95. The zero-order valence-corrected chi connectivity index (χ0v) is 8.64. The molecular formula is C10H22N2. The molecule has 2 heteroatoms. The smallest absolute Gasteiger partial charge is 0.0109 e. The fourth-order valence-corrected chi connectivity index (χ4v) is 1.31. The summed E-state index contributed by atoms with van der Waals surface area (Å²) in [6.45, 7) is 6.60. The molecular weight excluding hydrogens is 148 g/mol. The van der Waals surface area contributed by atoms with Gasteiger partial charge in [-0.25, -0.2) is 0 Å². The van der Waals surface area contributed by atoms with E-state index in [1.54, 1.807) is 0 Å². The van der Waals surface area contributed by atoms with Gasteiger partial charge in [-0.1, -0.05) is 0 Å². The van der Waals surface area contributed by atoms with Gasteiger partial charge in [-0.05, 0) is 52.6 Å². The highest BCUT2D eigenvalue weighted by Crippen LogP contribution is 2.29. The topological polar surface area (TPSA) is 29.3 Å². The summed E-state index contributed by atoms with van der Waals surface area (Å²) in [7, 11) is 2.20. The average molecular weight is 170 g/mol. The van der Waals surface area contributed by atoms with Gasteiger partial charge in [-0.3, -0.25) is 0 Å². The van der Waals surface area contributed by atoms with Crippen molar-refractivity contribution in [3.8, 4) is 0 Å². The summed E-state index contributed by atoms with van der Waals surface area (Å²) in [5.74, 6) is 0.996. The Balaban J connectivity index is 2.04. The SMILES string of the molecule is CN(CCC(C)(C)N)CC1CC1. The minimum atomic E-state index is -0.00217. The number of rotatable bonds is 5. The van der Waals surface area contributed by atoms with Gasteiger partial charge in [-0.2, -0.15) is 0 Å². The van der Waals surface area contributed by atoms with Crippen LogP contribution in [0.4, 0.5) is 0 Å². The lowest BCUT2D eigenvalue weighted by atomic mass is 10.0. The molecule has 0 aromatic rings. The predicted octanol–water partition coefficient (Wildman–Crippen LogP) is 1.46. The molecule has 1 saturated carbocycles. The second-order valence-corrected chi connectivity index (χ2v) is 4.94. The lowest BCUT2D eigenvalue weighted by Crippen LogP contribution is -2.36. The summed E-state index contributed by atoms with van der Waals surface area (Å²) in [5, 5.41) is 0. The minimum absolute atomic E-state index is 0.00217. The van der Waals surface area contributed by atoms with E-state index in [-0.39, 0.29) is 5.54 Å². The van der Waals surface area contributed by atoms with E-state index in [0.717, 1.165) is 18.9 Å². The van der Waals surface area contributed by atoms with Gasteiger partial charge in [0.05, 0.1) is 0 Å². The van der Waals surface area contributed by atoms with Crippen LogP contribution in [-0.2, 0) is 0 Å². The van der Waals surface area contributed by atoms with Crippen molar-refractivity contribution >= 4 is 0 Å². The summed E-state index contributed by atoms with van der Waals surface area (Å²) in [6, 6.07) is 0. The van der Waals surface area contributed by atoms with E-state index < -0.39 is 0 Å². The van der Waals surface area contributed by atoms with Gasteiger partial charge in [0.15, 0.2) is 0 Å². The summed E-state index contributed by atoms with van der Waals surface area (Å²) >= 11 is 0. The molecule has 1 aliphatic rings. The fraction of sp³-hybridized carbons (Fsp3) is 1.00. The third-order valence-corrected chi connectivity index (χ3v) is 2.40. The van der Waals surface area contributed by atoms with Gasteiger partial charge in [0.2, 0.25) is 0 Å². The average Bonchev–Trinajstić information content (AvgIpc) is 2.66. The van der Waals surface area contributed by atoms with Crippen LogP contribution >= 0.6 is 0 Å². The third kappa shape index (κ3) is 4.73. The van der Waals surface area contributed by atoms with Gasteiger partial charge in [0.25, 0.3) is 0 Å². The minimum Gasteiger partial charge on any atom is -0.326 e. The molecule has 12 heavy (non-hydrogen) atoms. The van der Waals surface area contributed by atoms with Crippen molar-refractivity contribution in [1.82, 2.24) is 4.90 Å². The molecule has 0 spiro atoms. The van der Waals surface area contributed by atoms with Crippen LogP contribution < -0.4 is 5.73 Å². The molecule has 0 heterocycles. The van der Waals surface area contributed by atoms with E-state index in [0.29, 0.717) is 0 Å². The summed E-state index contributed by atoms with van der Waals surface area (Å²) in [4.78, 5) is 2.41. The zero-order valence-electron chi connectivity index (χ0n) is 8.64. The molecule has 0 aromatic carbocycles. The van der Waals surface area contributed by atoms with E-state index in [4.69, 9.17) is 5.73 Å². The fourth-order valence-electron chi connectivity index (χ4n) is 1.31. The van der Waals surface area contributed by atoms with Crippen LogP contribution in [0.5, 0.6) is 0 Å². The molecule has 0 atom stereocenters. The van der Waals surface area contributed by atoms with Crippen LogP contribution in [0.15, 0.2) is 0 Å². The molecule has 0 amide bonds. The van der Waals surface area contributed by atoms with E-state index in [9.17, 15) is 0 Å². The van der Waals surface area contributed by atoms with Crippen molar-refractivity contribution in [3.05, 3.63) is 0 Å². The summed E-state index contributed by atoms with van der Waals surface area (Å²) in [5.41, 5.74) is 5.90. The maximum Gasteiger partial charge on any atom is 0.0109 e. The van der Waals surface area contributed by atoms with Crippen molar-refractivity contribution < 1.29 is 0 Å². The van der Waals surface area contributed by atoms with Crippen LogP contribution in [0.1, 0.15) is 33.1 Å². The summed E-state index contributed by atoms with van der Waals surface area (Å²) < 4.78 is 0. The Labute approximate surface area is 76.1 Å². The molecule has 0 unspecified atom stereocenters. The van der Waals surface area contributed by atoms with Gasteiger partial charge in [0, 0.05) is 12.1 Å². The third-order valence-electron chi connectivity index (χ3n) is 2.40. The number of hydrogen-bond acceptors (Lipinski definition) is 2. The molecule has 1 rings (SSSR count). The Bertz CT molecular complexity index is 133. The number of nitrogens with zero attached hydrogens (tertiary/aromatic N) is 1. The maximum atomic E-state index is 5.90. The van der Waals surface area contributed by atoms with Crippen LogP contribution in [0.25, 0.3) is 0 Å². The van der Waals surface area contributed by atoms with Gasteiger partial charge in [-0.15, -0.1) is 0 Å². The summed E-state index contributed by atoms with van der Waals surface area (Å²) in [6.07, 6.45) is 3.98. The molecule has 0 bridgehead atoms. The Kier molecular flexibility index (Phi) is 3.13. The van der Waals surface area contributed by atoms with Crippen molar-refractivity contribution in [2.24, 2.45) is 11.7 Å². The molecule has 72 valence electrons. The lowest BCUT2D eigenvalue weighted by Gasteiger charge is -2.23. The van der Waals surface area contributed by atoms with E-state index >= 15 is 0 Å². The van der Waals surface area contributed by atoms with Crippen molar-refractivity contribution in [2.75, 3.05) is 20.1 Å². The molecule has 1 aliphatic carbocycles. The highest BCUT2D eigenvalue weighted by Gasteiger charge is 2.23. The van der Waals surface area contributed by atoms with E-state index in [2.05, 4.69) is 25.8 Å². The second-order valence-electron chi connectivity index (χ2n) is 4.94. The molecule has 0 aromatic heterocycles. The lowest BCUT2D eigenvalue weighted by molar-refractivity contribution is 0.286. The molecule has 0 aliphatic heterocycles. The van der Waals surface area contributed by atoms with Crippen LogP contribution in [-0.4, -0.2) is 30.6 Å². The van der Waals surface area contributed by atoms with Crippen LogP contribution in [0, 0.1) is 5.92 Å². The zero-order chi connectivity index (χ0) is 9.19. The first-order chi connectivity index (χ1) is 5.47. The first kappa shape index (κ1) is 10.0. The second kappa shape index (κ2) is 3.75. The highest BCUT2D eigenvalue weighted by atomic mass is 15.1. The van der Waals surface area contributed by atoms with Crippen molar-refractivity contribution in [3.63, 3.8) is 0 Å². The standard InChI is InChI=1S/C10H22N2/c1-10(2,11)6-7-12(3)8-9-4-5-9/h9H,4-8,11H2,1-3H3. The van der Waals surface area contributed by atoms with E-state index in [1.165, 1.54) is 19.4 Å². The van der Waals surface area contributed by atoms with Crippen LogP contribution in [0.2, 0.25) is 0 Å². The number of nitrogens with two attached hydrogens (primary N) is 1. The maximum absolute atomic E-state index is 5.90. The Morgan fingerprint density at radius 3 is 2.42 bits per heavy atom.